The molecule has 1 atom stereocenters. The molecule has 1 amide bonds. The Morgan fingerprint density at radius 2 is 1.61 bits per heavy atom. The van der Waals surface area contributed by atoms with Crippen LogP contribution in [0.1, 0.15) is 35.8 Å². The van der Waals surface area contributed by atoms with E-state index in [-0.39, 0.29) is 11.9 Å². The Bertz CT molecular complexity index is 893. The number of hydrogen-bond acceptors (Lipinski definition) is 6. The summed E-state index contributed by atoms with van der Waals surface area (Å²) in [5.41, 5.74) is 2.95. The minimum atomic E-state index is -0.108. The molecule has 1 saturated heterocycles. The van der Waals surface area contributed by atoms with Crippen molar-refractivity contribution in [1.82, 2.24) is 15.1 Å². The molecule has 1 aliphatic heterocycles. The van der Waals surface area contributed by atoms with Crippen molar-refractivity contribution in [3.05, 3.63) is 53.6 Å². The number of nitrogens with one attached hydrogen (secondary N) is 1. The minimum absolute atomic E-state index is 0.108. The minimum Gasteiger partial charge on any atom is -0.490 e. The topological polar surface area (TPSA) is 57.3 Å². The molecule has 1 N–H and O–H groups in total. The monoisotopic (exact) mass is 454 g/mol. The third kappa shape index (κ3) is 6.62. The van der Waals surface area contributed by atoms with Crippen molar-refractivity contribution in [1.29, 1.82) is 0 Å². The van der Waals surface area contributed by atoms with E-state index in [1.54, 1.807) is 18.2 Å². The van der Waals surface area contributed by atoms with Crippen LogP contribution in [0.4, 0.5) is 5.69 Å². The molecule has 1 fully saturated rings. The standard InChI is InChI=1S/C26H38N4O3/c1-6-32-24-13-10-21(18-25(24)33-7-2)26(31)27-19-23(30-16-14-29(5)15-17-30)20-8-11-22(12-9-20)28(3)4/h8-13,18,23H,6-7,14-17,19H2,1-5H3,(H,27,31)/t23-/m0/s1. The van der Waals surface area contributed by atoms with Gasteiger partial charge in [0.25, 0.3) is 5.91 Å². The van der Waals surface area contributed by atoms with E-state index in [4.69, 9.17) is 9.47 Å². The largest absolute Gasteiger partial charge is 0.490 e. The molecule has 0 radical (unpaired) electrons. The zero-order chi connectivity index (χ0) is 23.8. The van der Waals surface area contributed by atoms with Crippen LogP contribution in [0.2, 0.25) is 0 Å². The average Bonchev–Trinajstić information content (AvgIpc) is 2.82. The molecular weight excluding hydrogens is 416 g/mol. The Hall–Kier alpha value is -2.77. The molecule has 0 bridgehead atoms. The first-order valence-corrected chi connectivity index (χ1v) is 11.8. The van der Waals surface area contributed by atoms with Crippen molar-refractivity contribution < 1.29 is 14.3 Å². The second-order valence-corrected chi connectivity index (χ2v) is 8.58. The van der Waals surface area contributed by atoms with Crippen LogP contribution in [0.15, 0.2) is 42.5 Å². The van der Waals surface area contributed by atoms with Crippen LogP contribution in [0, 0.1) is 0 Å². The van der Waals surface area contributed by atoms with E-state index in [9.17, 15) is 4.79 Å². The number of rotatable bonds is 10. The summed E-state index contributed by atoms with van der Waals surface area (Å²) in [6.45, 7) is 9.46. The van der Waals surface area contributed by atoms with Crippen LogP contribution >= 0.6 is 0 Å². The summed E-state index contributed by atoms with van der Waals surface area (Å²) in [7, 11) is 6.24. The fourth-order valence-corrected chi connectivity index (χ4v) is 4.07. The lowest BCUT2D eigenvalue weighted by molar-refractivity contribution is 0.0886. The predicted octanol–water partition coefficient (Wildman–Crippen LogP) is 3.27. The molecule has 1 heterocycles. The van der Waals surface area contributed by atoms with Gasteiger partial charge in [-0.15, -0.1) is 0 Å². The zero-order valence-corrected chi connectivity index (χ0v) is 20.6. The van der Waals surface area contributed by atoms with Crippen LogP contribution < -0.4 is 19.7 Å². The summed E-state index contributed by atoms with van der Waals surface area (Å²) in [6.07, 6.45) is 0. The molecule has 3 rings (SSSR count). The van der Waals surface area contributed by atoms with Gasteiger partial charge in [-0.2, -0.15) is 0 Å². The highest BCUT2D eigenvalue weighted by Crippen LogP contribution is 2.29. The molecule has 33 heavy (non-hydrogen) atoms. The van der Waals surface area contributed by atoms with Crippen molar-refractivity contribution in [2.45, 2.75) is 19.9 Å². The first kappa shape index (κ1) is 24.9. The van der Waals surface area contributed by atoms with Crippen molar-refractivity contribution in [2.75, 3.05) is 72.0 Å². The van der Waals surface area contributed by atoms with Crippen LogP contribution in [0.3, 0.4) is 0 Å². The first-order chi connectivity index (χ1) is 15.9. The number of benzene rings is 2. The smallest absolute Gasteiger partial charge is 0.251 e. The van der Waals surface area contributed by atoms with E-state index in [0.717, 1.165) is 31.9 Å². The number of carbonyl (C=O) groups excluding carboxylic acids is 1. The number of likely N-dealkylation sites (N-methyl/N-ethyl adjacent to an activating group) is 1. The highest BCUT2D eigenvalue weighted by molar-refractivity contribution is 5.94. The lowest BCUT2D eigenvalue weighted by Crippen LogP contribution is -2.48. The number of ether oxygens (including phenoxy) is 2. The molecule has 0 aromatic heterocycles. The Labute approximate surface area is 198 Å². The Morgan fingerprint density at radius 1 is 0.970 bits per heavy atom. The van der Waals surface area contributed by atoms with E-state index >= 15 is 0 Å². The van der Waals surface area contributed by atoms with E-state index in [0.29, 0.717) is 36.8 Å². The van der Waals surface area contributed by atoms with Gasteiger partial charge in [-0.05, 0) is 56.8 Å². The fraction of sp³-hybridized carbons (Fsp3) is 0.500. The molecule has 180 valence electrons. The highest BCUT2D eigenvalue weighted by Gasteiger charge is 2.25. The quantitative estimate of drug-likeness (QED) is 0.595. The second-order valence-electron chi connectivity index (χ2n) is 8.58. The molecule has 7 nitrogen and oxygen atoms in total. The van der Waals surface area contributed by atoms with Crippen LogP contribution in [-0.4, -0.2) is 82.8 Å². The second kappa shape index (κ2) is 11.9. The number of amides is 1. The van der Waals surface area contributed by atoms with E-state index in [1.807, 2.05) is 27.9 Å². The van der Waals surface area contributed by atoms with Crippen LogP contribution in [0.25, 0.3) is 0 Å². The van der Waals surface area contributed by atoms with Gasteiger partial charge in [0, 0.05) is 58.1 Å². The predicted molar refractivity (Wildman–Crippen MR) is 134 cm³/mol. The van der Waals surface area contributed by atoms with Crippen molar-refractivity contribution >= 4 is 11.6 Å². The molecule has 2 aromatic rings. The third-order valence-electron chi connectivity index (χ3n) is 6.03. The lowest BCUT2D eigenvalue weighted by Gasteiger charge is -2.38. The SMILES string of the molecule is CCOc1ccc(C(=O)NC[C@@H](c2ccc(N(C)C)cc2)N2CCN(C)CC2)cc1OCC. The summed E-state index contributed by atoms with van der Waals surface area (Å²) >= 11 is 0. The maximum absolute atomic E-state index is 13.0. The molecule has 0 unspecified atom stereocenters. The molecule has 1 aliphatic rings. The molecule has 7 heteroatoms. The van der Waals surface area contributed by atoms with Gasteiger partial charge in [-0.25, -0.2) is 0 Å². The van der Waals surface area contributed by atoms with Crippen LogP contribution in [0.5, 0.6) is 11.5 Å². The van der Waals surface area contributed by atoms with Crippen molar-refractivity contribution in [3.8, 4) is 11.5 Å². The van der Waals surface area contributed by atoms with Gasteiger partial charge >= 0.3 is 0 Å². The van der Waals surface area contributed by atoms with Gasteiger partial charge in [-0.1, -0.05) is 12.1 Å². The summed E-state index contributed by atoms with van der Waals surface area (Å²) in [5.74, 6) is 1.15. The van der Waals surface area contributed by atoms with Gasteiger partial charge in [0.15, 0.2) is 11.5 Å². The summed E-state index contributed by atoms with van der Waals surface area (Å²) in [6, 6.07) is 14.1. The zero-order valence-electron chi connectivity index (χ0n) is 20.6. The third-order valence-corrected chi connectivity index (χ3v) is 6.03. The molecule has 0 spiro atoms. The number of anilines is 1. The molecule has 0 aliphatic carbocycles. The highest BCUT2D eigenvalue weighted by atomic mass is 16.5. The lowest BCUT2D eigenvalue weighted by atomic mass is 10.0. The number of hydrogen-bond donors (Lipinski definition) is 1. The van der Waals surface area contributed by atoms with Crippen LogP contribution in [-0.2, 0) is 0 Å². The maximum Gasteiger partial charge on any atom is 0.251 e. The van der Waals surface area contributed by atoms with E-state index < -0.39 is 0 Å². The summed E-state index contributed by atoms with van der Waals surface area (Å²) in [5, 5.41) is 3.16. The normalized spacial score (nSPS) is 15.7. The van der Waals surface area contributed by atoms with E-state index in [1.165, 1.54) is 5.56 Å². The van der Waals surface area contributed by atoms with E-state index in [2.05, 4.69) is 51.3 Å². The first-order valence-electron chi connectivity index (χ1n) is 11.8. The number of carbonyl (C=O) groups is 1. The van der Waals surface area contributed by atoms with Crippen molar-refractivity contribution in [3.63, 3.8) is 0 Å². The van der Waals surface area contributed by atoms with Gasteiger partial charge in [-0.3, -0.25) is 9.69 Å². The molecular formula is C26H38N4O3. The van der Waals surface area contributed by atoms with Gasteiger partial charge in [0.2, 0.25) is 0 Å². The fourth-order valence-electron chi connectivity index (χ4n) is 4.07. The average molecular weight is 455 g/mol. The molecule has 0 saturated carbocycles. The van der Waals surface area contributed by atoms with Gasteiger partial charge in [0.1, 0.15) is 0 Å². The Balaban J connectivity index is 1.75. The Morgan fingerprint density at radius 3 is 2.21 bits per heavy atom. The summed E-state index contributed by atoms with van der Waals surface area (Å²) < 4.78 is 11.3. The number of nitrogens with zero attached hydrogens (tertiary/aromatic N) is 3. The maximum atomic E-state index is 13.0. The Kier molecular flexibility index (Phi) is 8.97. The van der Waals surface area contributed by atoms with Gasteiger partial charge < -0.3 is 24.6 Å². The molecule has 2 aromatic carbocycles. The van der Waals surface area contributed by atoms with Gasteiger partial charge in [0.05, 0.1) is 19.3 Å². The van der Waals surface area contributed by atoms with Crippen molar-refractivity contribution in [2.24, 2.45) is 0 Å². The number of piperazine rings is 1. The summed E-state index contributed by atoms with van der Waals surface area (Å²) in [4.78, 5) is 19.9.